The zero-order chi connectivity index (χ0) is 21.6. The predicted octanol–water partition coefficient (Wildman–Crippen LogP) is 5.39. The molecule has 1 aromatic heterocycles. The monoisotopic (exact) mass is 417 g/mol. The number of aromatic amines is 1. The number of fused-ring (bicyclic) bond motifs is 2. The van der Waals surface area contributed by atoms with Gasteiger partial charge < -0.3 is 19.8 Å². The fourth-order valence-corrected chi connectivity index (χ4v) is 4.29. The Labute approximate surface area is 182 Å². The first-order chi connectivity index (χ1) is 14.9. The van der Waals surface area contributed by atoms with Crippen LogP contribution in [-0.4, -0.2) is 17.7 Å². The lowest BCUT2D eigenvalue weighted by atomic mass is 9.84. The molecular weight excluding hydrogens is 390 g/mol. The Kier molecular flexibility index (Phi) is 4.44. The SMILES string of the molecule is CC(C)(CCC#N)c1cc2cc(NC(=O)C3(c4ccc5c(c4)OCO5)CC3)ccc2[nH]1.[HH]. The molecule has 2 aromatic carbocycles. The van der Waals surface area contributed by atoms with Crippen LogP contribution < -0.4 is 14.8 Å². The number of hydrogen-bond donors (Lipinski definition) is 2. The van der Waals surface area contributed by atoms with Gasteiger partial charge in [0.2, 0.25) is 12.7 Å². The van der Waals surface area contributed by atoms with E-state index in [0.717, 1.165) is 52.9 Å². The number of H-pyrrole nitrogens is 1. The normalized spacial score (nSPS) is 16.2. The van der Waals surface area contributed by atoms with Crippen LogP contribution >= 0.6 is 0 Å². The molecule has 0 unspecified atom stereocenters. The average Bonchev–Trinajstić information content (AvgIpc) is 3.24. The number of amides is 1. The summed E-state index contributed by atoms with van der Waals surface area (Å²) in [5, 5.41) is 13.1. The van der Waals surface area contributed by atoms with Crippen molar-refractivity contribution in [1.82, 2.24) is 4.98 Å². The van der Waals surface area contributed by atoms with Crippen molar-refractivity contribution in [3.8, 4) is 17.6 Å². The third-order valence-corrected chi connectivity index (χ3v) is 6.58. The van der Waals surface area contributed by atoms with E-state index in [4.69, 9.17) is 14.7 Å². The van der Waals surface area contributed by atoms with Crippen LogP contribution in [0.4, 0.5) is 5.69 Å². The molecular formula is C25H27N3O3. The molecule has 6 heteroatoms. The molecule has 5 rings (SSSR count). The minimum atomic E-state index is -0.501. The van der Waals surface area contributed by atoms with E-state index in [0.29, 0.717) is 12.2 Å². The van der Waals surface area contributed by atoms with Crippen molar-refractivity contribution in [3.05, 3.63) is 53.7 Å². The fraction of sp³-hybridized carbons (Fsp3) is 0.360. The van der Waals surface area contributed by atoms with Gasteiger partial charge >= 0.3 is 0 Å². The Balaban J connectivity index is 0.00000245. The summed E-state index contributed by atoms with van der Waals surface area (Å²) in [5.41, 5.74) is 3.26. The molecule has 0 spiro atoms. The number of nitrogens with zero attached hydrogens (tertiary/aromatic N) is 1. The molecule has 160 valence electrons. The number of carbonyl (C=O) groups excluding carboxylic acids is 1. The van der Waals surface area contributed by atoms with E-state index >= 15 is 0 Å². The molecule has 0 saturated heterocycles. The van der Waals surface area contributed by atoms with Crippen molar-refractivity contribution in [1.29, 1.82) is 5.26 Å². The number of nitriles is 1. The smallest absolute Gasteiger partial charge is 0.235 e. The summed E-state index contributed by atoms with van der Waals surface area (Å²) in [7, 11) is 0. The Morgan fingerprint density at radius 1 is 1.19 bits per heavy atom. The van der Waals surface area contributed by atoms with Crippen molar-refractivity contribution >= 4 is 22.5 Å². The lowest BCUT2D eigenvalue weighted by molar-refractivity contribution is -0.118. The predicted molar refractivity (Wildman–Crippen MR) is 120 cm³/mol. The minimum absolute atomic E-state index is 0. The Hall–Kier alpha value is -3.46. The van der Waals surface area contributed by atoms with E-state index in [1.807, 2.05) is 36.4 Å². The average molecular weight is 418 g/mol. The molecule has 0 radical (unpaired) electrons. The summed E-state index contributed by atoms with van der Waals surface area (Å²) >= 11 is 0. The Morgan fingerprint density at radius 3 is 2.77 bits per heavy atom. The molecule has 1 amide bonds. The summed E-state index contributed by atoms with van der Waals surface area (Å²) in [5.74, 6) is 1.44. The second kappa shape index (κ2) is 7.05. The van der Waals surface area contributed by atoms with Crippen molar-refractivity contribution in [2.24, 2.45) is 0 Å². The molecule has 2 heterocycles. The number of rotatable bonds is 6. The van der Waals surface area contributed by atoms with Crippen LogP contribution in [-0.2, 0) is 15.6 Å². The molecule has 3 aromatic rings. The van der Waals surface area contributed by atoms with Gasteiger partial charge in [0.25, 0.3) is 0 Å². The Morgan fingerprint density at radius 2 is 2.00 bits per heavy atom. The molecule has 1 aliphatic heterocycles. The second-order valence-electron chi connectivity index (χ2n) is 9.13. The van der Waals surface area contributed by atoms with E-state index in [1.165, 1.54) is 0 Å². The van der Waals surface area contributed by atoms with Crippen LogP contribution in [0.15, 0.2) is 42.5 Å². The third-order valence-electron chi connectivity index (χ3n) is 6.58. The van der Waals surface area contributed by atoms with Gasteiger partial charge in [-0.2, -0.15) is 5.26 Å². The zero-order valence-electron chi connectivity index (χ0n) is 17.7. The maximum Gasteiger partial charge on any atom is 0.235 e. The zero-order valence-corrected chi connectivity index (χ0v) is 17.7. The van der Waals surface area contributed by atoms with Gasteiger partial charge in [-0.25, -0.2) is 0 Å². The van der Waals surface area contributed by atoms with Gasteiger partial charge in [-0.15, -0.1) is 0 Å². The van der Waals surface area contributed by atoms with Crippen LogP contribution in [0.3, 0.4) is 0 Å². The van der Waals surface area contributed by atoms with Crippen LogP contribution in [0.5, 0.6) is 11.5 Å². The number of ether oxygens (including phenoxy) is 2. The van der Waals surface area contributed by atoms with Crippen LogP contribution in [0.2, 0.25) is 0 Å². The highest BCUT2D eigenvalue weighted by Gasteiger charge is 2.51. The van der Waals surface area contributed by atoms with Gasteiger partial charge in [-0.1, -0.05) is 19.9 Å². The molecule has 1 saturated carbocycles. The molecule has 31 heavy (non-hydrogen) atoms. The number of carbonyl (C=O) groups is 1. The van der Waals surface area contributed by atoms with Crippen molar-refractivity contribution in [2.75, 3.05) is 12.1 Å². The lowest BCUT2D eigenvalue weighted by Gasteiger charge is -2.21. The summed E-state index contributed by atoms with van der Waals surface area (Å²) in [6.07, 6.45) is 2.95. The minimum Gasteiger partial charge on any atom is -0.454 e. The topological polar surface area (TPSA) is 87.1 Å². The molecule has 2 N–H and O–H groups in total. The van der Waals surface area contributed by atoms with Crippen molar-refractivity contribution in [3.63, 3.8) is 0 Å². The highest BCUT2D eigenvalue weighted by molar-refractivity contribution is 6.02. The Bertz CT molecular complexity index is 1220. The largest absolute Gasteiger partial charge is 0.454 e. The number of anilines is 1. The van der Waals surface area contributed by atoms with Crippen LogP contribution in [0.1, 0.15) is 52.2 Å². The summed E-state index contributed by atoms with van der Waals surface area (Å²) in [4.78, 5) is 16.7. The van der Waals surface area contributed by atoms with Crippen LogP contribution in [0, 0.1) is 11.3 Å². The highest BCUT2D eigenvalue weighted by atomic mass is 16.7. The van der Waals surface area contributed by atoms with Gasteiger partial charge in [0.1, 0.15) is 0 Å². The number of hydrogen-bond acceptors (Lipinski definition) is 4. The summed E-state index contributed by atoms with van der Waals surface area (Å²) in [6.45, 7) is 4.50. The number of nitrogens with one attached hydrogen (secondary N) is 2. The number of benzene rings is 2. The highest BCUT2D eigenvalue weighted by Crippen LogP contribution is 2.51. The maximum atomic E-state index is 13.2. The standard InChI is InChI=1S/C25H25N3O3.H2/c1-24(2,8-3-11-26)22-13-16-12-18(5-6-19(16)28-22)27-23(29)25(9-10-25)17-4-7-20-21(14-17)31-15-30-20;/h4-7,12-14,28H,3,8-10,15H2,1-2H3,(H,27,29);1H. The van der Waals surface area contributed by atoms with Crippen molar-refractivity contribution in [2.45, 2.75) is 50.4 Å². The molecule has 6 nitrogen and oxygen atoms in total. The van der Waals surface area contributed by atoms with Crippen molar-refractivity contribution < 1.29 is 15.7 Å². The molecule has 0 atom stereocenters. The van der Waals surface area contributed by atoms with E-state index in [9.17, 15) is 4.79 Å². The quantitative estimate of drug-likeness (QED) is 0.563. The first kappa shape index (κ1) is 19.5. The molecule has 1 aliphatic carbocycles. The third kappa shape index (κ3) is 3.40. The van der Waals surface area contributed by atoms with Gasteiger partial charge in [-0.05, 0) is 61.2 Å². The fourth-order valence-electron chi connectivity index (χ4n) is 4.29. The molecule has 2 aliphatic rings. The second-order valence-corrected chi connectivity index (χ2v) is 9.13. The summed E-state index contributed by atoms with van der Waals surface area (Å²) in [6, 6.07) is 16.0. The first-order valence-electron chi connectivity index (χ1n) is 10.6. The maximum absolute atomic E-state index is 13.2. The lowest BCUT2D eigenvalue weighted by Crippen LogP contribution is -2.27. The van der Waals surface area contributed by atoms with E-state index < -0.39 is 5.41 Å². The van der Waals surface area contributed by atoms with Gasteiger partial charge in [0.05, 0.1) is 11.5 Å². The first-order valence-corrected chi connectivity index (χ1v) is 10.6. The number of aromatic nitrogens is 1. The van der Waals surface area contributed by atoms with E-state index in [-0.39, 0.29) is 19.5 Å². The molecule has 0 bridgehead atoms. The molecule has 1 fully saturated rings. The van der Waals surface area contributed by atoms with Crippen LogP contribution in [0.25, 0.3) is 10.9 Å². The van der Waals surface area contributed by atoms with E-state index in [1.54, 1.807) is 0 Å². The van der Waals surface area contributed by atoms with Gasteiger partial charge in [0, 0.05) is 35.5 Å². The van der Waals surface area contributed by atoms with Gasteiger partial charge in [-0.3, -0.25) is 4.79 Å². The van der Waals surface area contributed by atoms with E-state index in [2.05, 4.69) is 36.3 Å². The van der Waals surface area contributed by atoms with Gasteiger partial charge in [0.15, 0.2) is 11.5 Å². The summed E-state index contributed by atoms with van der Waals surface area (Å²) < 4.78 is 10.9.